The van der Waals surface area contributed by atoms with Crippen molar-refractivity contribution in [2.24, 2.45) is 0 Å². The van der Waals surface area contributed by atoms with Crippen LogP contribution in [-0.2, 0) is 16.0 Å². The number of hydrogen-bond donors (Lipinski definition) is 2. The van der Waals surface area contributed by atoms with Crippen LogP contribution >= 0.6 is 0 Å². The molecule has 2 heterocycles. The maximum atomic E-state index is 14.0. The van der Waals surface area contributed by atoms with Crippen LogP contribution in [0.2, 0.25) is 0 Å². The van der Waals surface area contributed by atoms with Crippen LogP contribution in [0, 0.1) is 6.92 Å². The van der Waals surface area contributed by atoms with Gasteiger partial charge in [0.2, 0.25) is 5.91 Å². The molecule has 2 aliphatic heterocycles. The summed E-state index contributed by atoms with van der Waals surface area (Å²) in [6.45, 7) is 6.26. The molecule has 2 atom stereocenters. The van der Waals surface area contributed by atoms with Gasteiger partial charge in [0.05, 0.1) is 23.9 Å². The van der Waals surface area contributed by atoms with Crippen molar-refractivity contribution in [3.8, 4) is 0 Å². The third-order valence-corrected chi connectivity index (χ3v) is 6.85. The van der Waals surface area contributed by atoms with Crippen LogP contribution in [0.15, 0.2) is 78.5 Å². The van der Waals surface area contributed by atoms with Crippen molar-refractivity contribution in [1.29, 1.82) is 0 Å². The molecule has 0 aromatic heterocycles. The van der Waals surface area contributed by atoms with Crippen LogP contribution in [0.1, 0.15) is 35.6 Å². The van der Waals surface area contributed by atoms with Crippen molar-refractivity contribution in [2.75, 3.05) is 13.1 Å². The van der Waals surface area contributed by atoms with E-state index >= 15 is 0 Å². The molecule has 2 aromatic carbocycles. The van der Waals surface area contributed by atoms with Gasteiger partial charge in [-0.1, -0.05) is 66.2 Å². The van der Waals surface area contributed by atoms with E-state index in [1.165, 1.54) is 0 Å². The highest BCUT2D eigenvalue weighted by molar-refractivity contribution is 6.03. The molecule has 0 spiro atoms. The number of carbonyl (C=O) groups is 3. The third kappa shape index (κ3) is 4.58. The number of hydrogen-bond acceptors (Lipinski definition) is 3. The predicted octanol–water partition coefficient (Wildman–Crippen LogP) is 3.23. The second-order valence-electron chi connectivity index (χ2n) is 9.47. The summed E-state index contributed by atoms with van der Waals surface area (Å²) in [6, 6.07) is 16.2. The van der Waals surface area contributed by atoms with Gasteiger partial charge in [-0.3, -0.25) is 14.5 Å². The van der Waals surface area contributed by atoms with Gasteiger partial charge in [-0.25, -0.2) is 4.79 Å². The van der Waals surface area contributed by atoms with E-state index in [4.69, 9.17) is 0 Å². The molecule has 7 nitrogen and oxygen atoms in total. The highest BCUT2D eigenvalue weighted by Gasteiger charge is 2.47. The zero-order valence-electron chi connectivity index (χ0n) is 19.9. The van der Waals surface area contributed by atoms with Crippen molar-refractivity contribution in [1.82, 2.24) is 20.4 Å². The molecule has 7 heteroatoms. The van der Waals surface area contributed by atoms with Crippen LogP contribution in [0.3, 0.4) is 0 Å². The second-order valence-corrected chi connectivity index (χ2v) is 9.47. The molecule has 35 heavy (non-hydrogen) atoms. The topological polar surface area (TPSA) is 81.8 Å². The maximum Gasteiger partial charge on any atom is 0.322 e. The predicted molar refractivity (Wildman–Crippen MR) is 133 cm³/mol. The first-order valence-corrected chi connectivity index (χ1v) is 12.1. The molecule has 2 aromatic rings. The fourth-order valence-electron chi connectivity index (χ4n) is 4.80. The van der Waals surface area contributed by atoms with Gasteiger partial charge in [-0.15, -0.1) is 6.58 Å². The van der Waals surface area contributed by atoms with E-state index in [1.54, 1.807) is 15.9 Å². The largest absolute Gasteiger partial charge is 0.352 e. The van der Waals surface area contributed by atoms with E-state index in [9.17, 15) is 14.4 Å². The third-order valence-electron chi connectivity index (χ3n) is 6.85. The molecule has 0 saturated heterocycles. The fourth-order valence-corrected chi connectivity index (χ4v) is 4.80. The lowest BCUT2D eigenvalue weighted by atomic mass is 9.94. The van der Waals surface area contributed by atoms with Gasteiger partial charge in [-0.05, 0) is 30.9 Å². The molecule has 1 fully saturated rings. The number of rotatable bonds is 8. The Morgan fingerprint density at radius 3 is 2.51 bits per heavy atom. The summed E-state index contributed by atoms with van der Waals surface area (Å²) in [5.74, 6) is -0.363. The zero-order chi connectivity index (χ0) is 24.5. The average molecular weight is 471 g/mol. The summed E-state index contributed by atoms with van der Waals surface area (Å²) >= 11 is 0. The van der Waals surface area contributed by atoms with Crippen LogP contribution in [0.5, 0.6) is 0 Å². The number of urea groups is 1. The molecule has 5 rings (SSSR count). The minimum Gasteiger partial charge on any atom is -0.352 e. The van der Waals surface area contributed by atoms with Crippen molar-refractivity contribution in [3.63, 3.8) is 0 Å². The minimum absolute atomic E-state index is 0.147. The fraction of sp³-hybridized carbons (Fsp3) is 0.321. The minimum atomic E-state index is -0.671. The summed E-state index contributed by atoms with van der Waals surface area (Å²) in [7, 11) is 0. The number of benzene rings is 2. The first kappa shape index (κ1) is 22.9. The molecule has 180 valence electrons. The normalized spacial score (nSPS) is 20.4. The Balaban J connectivity index is 1.51. The Morgan fingerprint density at radius 1 is 1.14 bits per heavy atom. The Morgan fingerprint density at radius 2 is 1.86 bits per heavy atom. The van der Waals surface area contributed by atoms with E-state index < -0.39 is 12.1 Å². The molecule has 1 aliphatic carbocycles. The zero-order valence-corrected chi connectivity index (χ0v) is 19.9. The molecule has 0 bridgehead atoms. The van der Waals surface area contributed by atoms with Gasteiger partial charge >= 0.3 is 6.03 Å². The van der Waals surface area contributed by atoms with Crippen molar-refractivity contribution < 1.29 is 14.4 Å². The van der Waals surface area contributed by atoms with E-state index in [-0.39, 0.29) is 37.0 Å². The summed E-state index contributed by atoms with van der Waals surface area (Å²) in [6.07, 6.45) is 3.98. The Kier molecular flexibility index (Phi) is 6.16. The summed E-state index contributed by atoms with van der Waals surface area (Å²) < 4.78 is 0. The second kappa shape index (κ2) is 9.41. The Hall–Kier alpha value is -3.87. The van der Waals surface area contributed by atoms with E-state index in [0.717, 1.165) is 29.5 Å². The molecule has 2 N–H and O–H groups in total. The molecule has 3 aliphatic rings. The van der Waals surface area contributed by atoms with Gasteiger partial charge in [0.25, 0.3) is 5.91 Å². The first-order valence-electron chi connectivity index (χ1n) is 12.1. The molecular formula is C28H30N4O3. The SMILES string of the molecule is C=CCN1C(=O)N[C@@H](c2ccc(C)cc2)C2=C1CN([C@@H](Cc1ccccc1)C(=O)NC1CC1)C2=O. The lowest BCUT2D eigenvalue weighted by molar-refractivity contribution is -0.136. The summed E-state index contributed by atoms with van der Waals surface area (Å²) in [5.41, 5.74) is 4.08. The van der Waals surface area contributed by atoms with Crippen LogP contribution < -0.4 is 10.6 Å². The number of nitrogens with one attached hydrogen (secondary N) is 2. The number of aryl methyl sites for hydroxylation is 1. The first-order chi connectivity index (χ1) is 17.0. The van der Waals surface area contributed by atoms with Gasteiger partial charge in [0, 0.05) is 19.0 Å². The molecule has 0 unspecified atom stereocenters. The van der Waals surface area contributed by atoms with Crippen LogP contribution in [0.25, 0.3) is 0 Å². The molecule has 4 amide bonds. The Labute approximate surface area is 205 Å². The monoisotopic (exact) mass is 470 g/mol. The lowest BCUT2D eigenvalue weighted by Gasteiger charge is -2.33. The van der Waals surface area contributed by atoms with Crippen LogP contribution in [0.4, 0.5) is 4.79 Å². The molecule has 1 saturated carbocycles. The quantitative estimate of drug-likeness (QED) is 0.581. The molecule has 0 radical (unpaired) electrons. The van der Waals surface area contributed by atoms with Gasteiger partial charge in [0.1, 0.15) is 6.04 Å². The maximum absolute atomic E-state index is 14.0. The standard InChI is InChI=1S/C28H30N4O3/c1-3-15-31-23-17-32(22(26(33)29-21-13-14-21)16-19-7-5-4-6-8-19)27(34)24(23)25(30-28(31)35)20-11-9-18(2)10-12-20/h3-12,21-22,25H,1,13-17H2,2H3,(H,29,33)(H,30,35)/t22-,25-/m0/s1. The van der Waals surface area contributed by atoms with Crippen molar-refractivity contribution in [3.05, 3.63) is 95.2 Å². The number of amides is 4. The summed E-state index contributed by atoms with van der Waals surface area (Å²) in [4.78, 5) is 43.6. The Bertz CT molecular complexity index is 1180. The highest BCUT2D eigenvalue weighted by atomic mass is 16.2. The highest BCUT2D eigenvalue weighted by Crippen LogP contribution is 2.37. The van der Waals surface area contributed by atoms with Crippen molar-refractivity contribution >= 4 is 17.8 Å². The van der Waals surface area contributed by atoms with E-state index in [0.29, 0.717) is 17.7 Å². The molecular weight excluding hydrogens is 440 g/mol. The summed E-state index contributed by atoms with van der Waals surface area (Å²) in [5, 5.41) is 6.09. The smallest absolute Gasteiger partial charge is 0.322 e. The van der Waals surface area contributed by atoms with Crippen LogP contribution in [-0.4, -0.2) is 52.8 Å². The number of carbonyl (C=O) groups excluding carboxylic acids is 3. The van der Waals surface area contributed by atoms with E-state index in [2.05, 4.69) is 17.2 Å². The van der Waals surface area contributed by atoms with Gasteiger partial charge in [0.15, 0.2) is 0 Å². The average Bonchev–Trinajstić information content (AvgIpc) is 3.61. The van der Waals surface area contributed by atoms with Crippen molar-refractivity contribution in [2.45, 2.75) is 44.3 Å². The van der Waals surface area contributed by atoms with Gasteiger partial charge < -0.3 is 15.5 Å². The van der Waals surface area contributed by atoms with Gasteiger partial charge in [-0.2, -0.15) is 0 Å². The number of nitrogens with zero attached hydrogens (tertiary/aromatic N) is 2. The van der Waals surface area contributed by atoms with E-state index in [1.807, 2.05) is 61.5 Å². The lowest BCUT2D eigenvalue weighted by Crippen LogP contribution is -2.50.